The summed E-state index contributed by atoms with van der Waals surface area (Å²) in [5.74, 6) is 0.0722. The second-order valence-electron chi connectivity index (χ2n) is 5.99. The van der Waals surface area contributed by atoms with Gasteiger partial charge in [0.25, 0.3) is 5.91 Å². The highest BCUT2D eigenvalue weighted by molar-refractivity contribution is 7.13. The van der Waals surface area contributed by atoms with E-state index >= 15 is 0 Å². The normalized spacial score (nSPS) is 18.1. The van der Waals surface area contributed by atoms with E-state index in [1.807, 2.05) is 4.90 Å². The van der Waals surface area contributed by atoms with Gasteiger partial charge in [0, 0.05) is 30.5 Å². The maximum Gasteiger partial charge on any atom is 0.266 e. The smallest absolute Gasteiger partial charge is 0.266 e. The molecular formula is C17H23N5OS. The van der Waals surface area contributed by atoms with Crippen molar-refractivity contribution in [3.63, 3.8) is 0 Å². The van der Waals surface area contributed by atoms with Crippen LogP contribution in [0.25, 0.3) is 0 Å². The first-order valence-corrected chi connectivity index (χ1v) is 9.30. The third-order valence-electron chi connectivity index (χ3n) is 4.28. The maximum absolute atomic E-state index is 13.1. The zero-order valence-corrected chi connectivity index (χ0v) is 14.8. The summed E-state index contributed by atoms with van der Waals surface area (Å²) in [4.78, 5) is 28.3. The largest absolute Gasteiger partial charge is 0.330 e. The number of aryl methyl sites for hydroxylation is 1. The van der Waals surface area contributed by atoms with Crippen molar-refractivity contribution < 1.29 is 4.79 Å². The van der Waals surface area contributed by atoms with Crippen molar-refractivity contribution >= 4 is 17.2 Å². The van der Waals surface area contributed by atoms with Gasteiger partial charge < -0.3 is 10.2 Å². The molecule has 128 valence electrons. The Balaban J connectivity index is 1.83. The lowest BCUT2D eigenvalue weighted by Crippen LogP contribution is -2.40. The van der Waals surface area contributed by atoms with Crippen molar-refractivity contribution in [1.82, 2.24) is 25.2 Å². The molecule has 6 nitrogen and oxygen atoms in total. The Morgan fingerprint density at radius 3 is 2.88 bits per heavy atom. The Morgan fingerprint density at radius 1 is 1.29 bits per heavy atom. The first kappa shape index (κ1) is 17.0. The van der Waals surface area contributed by atoms with E-state index in [4.69, 9.17) is 0 Å². The first-order valence-electron chi connectivity index (χ1n) is 8.48. The van der Waals surface area contributed by atoms with E-state index < -0.39 is 0 Å². The second kappa shape index (κ2) is 8.30. The van der Waals surface area contributed by atoms with Gasteiger partial charge in [-0.3, -0.25) is 4.79 Å². The lowest BCUT2D eigenvalue weighted by Gasteiger charge is -2.30. The van der Waals surface area contributed by atoms with E-state index in [1.54, 1.807) is 18.6 Å². The third kappa shape index (κ3) is 4.15. The van der Waals surface area contributed by atoms with Crippen molar-refractivity contribution in [3.05, 3.63) is 40.4 Å². The molecule has 0 aromatic carbocycles. The van der Waals surface area contributed by atoms with Crippen LogP contribution in [0.2, 0.25) is 0 Å². The topological polar surface area (TPSA) is 71.0 Å². The van der Waals surface area contributed by atoms with Crippen LogP contribution in [-0.4, -0.2) is 44.9 Å². The molecule has 0 spiro atoms. The fourth-order valence-corrected chi connectivity index (χ4v) is 3.82. The molecule has 0 bridgehead atoms. The molecule has 7 heteroatoms. The highest BCUT2D eigenvalue weighted by atomic mass is 32.1. The summed E-state index contributed by atoms with van der Waals surface area (Å²) in [5.41, 5.74) is 0.961. The molecule has 1 N–H and O–H groups in total. The average Bonchev–Trinajstić information content (AvgIpc) is 2.95. The molecule has 1 unspecified atom stereocenters. The molecule has 1 atom stereocenters. The van der Waals surface area contributed by atoms with Crippen molar-refractivity contribution in [1.29, 1.82) is 0 Å². The second-order valence-corrected chi connectivity index (χ2v) is 7.10. The molecule has 3 heterocycles. The Labute approximate surface area is 146 Å². The summed E-state index contributed by atoms with van der Waals surface area (Å²) in [6.45, 7) is 4.57. The minimum atomic E-state index is 0.0722. The number of hydrogen-bond acceptors (Lipinski definition) is 6. The molecule has 1 aliphatic heterocycles. The average molecular weight is 345 g/mol. The van der Waals surface area contributed by atoms with Gasteiger partial charge in [0.2, 0.25) is 0 Å². The Morgan fingerprint density at radius 2 is 2.12 bits per heavy atom. The van der Waals surface area contributed by atoms with Gasteiger partial charge in [-0.1, -0.05) is 6.92 Å². The highest BCUT2D eigenvalue weighted by Crippen LogP contribution is 2.22. The summed E-state index contributed by atoms with van der Waals surface area (Å²) >= 11 is 1.50. The highest BCUT2D eigenvalue weighted by Gasteiger charge is 2.27. The van der Waals surface area contributed by atoms with Gasteiger partial charge >= 0.3 is 0 Å². The van der Waals surface area contributed by atoms with Gasteiger partial charge in [-0.15, -0.1) is 11.3 Å². The summed E-state index contributed by atoms with van der Waals surface area (Å²) in [6, 6.07) is 0.236. The number of nitrogens with zero attached hydrogens (tertiary/aromatic N) is 4. The van der Waals surface area contributed by atoms with E-state index in [0.717, 1.165) is 54.2 Å². The van der Waals surface area contributed by atoms with E-state index in [1.165, 1.54) is 17.7 Å². The fraction of sp³-hybridized carbons (Fsp3) is 0.529. The predicted octanol–water partition coefficient (Wildman–Crippen LogP) is 2.28. The van der Waals surface area contributed by atoms with Crippen LogP contribution in [-0.2, 0) is 13.0 Å². The van der Waals surface area contributed by atoms with Gasteiger partial charge in [-0.05, 0) is 38.8 Å². The standard InChI is InChI=1S/C17H23N5OS/c1-2-16-21-10-15(24-16)17(23)22(11-13-8-19-12-20-9-13)14-4-3-6-18-7-5-14/h8-10,12,14,18H,2-7,11H2,1H3. The SMILES string of the molecule is CCc1ncc(C(=O)N(Cc2cncnc2)C2CCCNCC2)s1. The van der Waals surface area contributed by atoms with Crippen LogP contribution in [0.3, 0.4) is 0 Å². The van der Waals surface area contributed by atoms with Crippen LogP contribution in [0, 0.1) is 0 Å². The van der Waals surface area contributed by atoms with Crippen LogP contribution in [0.15, 0.2) is 24.9 Å². The molecule has 3 rings (SSSR count). The van der Waals surface area contributed by atoms with Crippen LogP contribution < -0.4 is 5.32 Å². The number of hydrogen-bond donors (Lipinski definition) is 1. The summed E-state index contributed by atoms with van der Waals surface area (Å²) < 4.78 is 0. The quantitative estimate of drug-likeness (QED) is 0.900. The van der Waals surface area contributed by atoms with Crippen molar-refractivity contribution in [2.75, 3.05) is 13.1 Å². The molecule has 1 saturated heterocycles. The number of carbonyl (C=O) groups is 1. The third-order valence-corrected chi connectivity index (χ3v) is 5.41. The molecule has 0 saturated carbocycles. The van der Waals surface area contributed by atoms with E-state index in [2.05, 4.69) is 27.2 Å². The molecule has 1 aliphatic rings. The van der Waals surface area contributed by atoms with Crippen LogP contribution in [0.5, 0.6) is 0 Å². The molecule has 1 amide bonds. The Bertz CT molecular complexity index is 652. The van der Waals surface area contributed by atoms with Gasteiger partial charge in [-0.2, -0.15) is 0 Å². The minimum Gasteiger partial charge on any atom is -0.330 e. The van der Waals surface area contributed by atoms with Crippen LogP contribution in [0.1, 0.15) is 46.4 Å². The Kier molecular flexibility index (Phi) is 5.87. The molecule has 2 aromatic rings. The van der Waals surface area contributed by atoms with Crippen molar-refractivity contribution in [3.8, 4) is 0 Å². The lowest BCUT2D eigenvalue weighted by molar-refractivity contribution is 0.0649. The number of carbonyl (C=O) groups excluding carboxylic acids is 1. The van der Waals surface area contributed by atoms with Gasteiger partial charge in [0.15, 0.2) is 0 Å². The minimum absolute atomic E-state index is 0.0722. The first-order chi connectivity index (χ1) is 11.8. The number of nitrogens with one attached hydrogen (secondary N) is 1. The number of aromatic nitrogens is 3. The molecule has 0 radical (unpaired) electrons. The van der Waals surface area contributed by atoms with Crippen molar-refractivity contribution in [2.45, 2.75) is 45.2 Å². The Hall–Kier alpha value is -1.86. The van der Waals surface area contributed by atoms with Crippen molar-refractivity contribution in [2.24, 2.45) is 0 Å². The van der Waals surface area contributed by atoms with Gasteiger partial charge in [0.1, 0.15) is 11.2 Å². The van der Waals surface area contributed by atoms with Crippen LogP contribution >= 0.6 is 11.3 Å². The van der Waals surface area contributed by atoms with Gasteiger partial charge in [-0.25, -0.2) is 15.0 Å². The number of amides is 1. The van der Waals surface area contributed by atoms with E-state index in [9.17, 15) is 4.79 Å². The summed E-state index contributed by atoms with van der Waals surface area (Å²) in [7, 11) is 0. The fourth-order valence-electron chi connectivity index (χ4n) is 3.00. The zero-order chi connectivity index (χ0) is 16.8. The van der Waals surface area contributed by atoms with Gasteiger partial charge in [0.05, 0.1) is 11.2 Å². The monoisotopic (exact) mass is 345 g/mol. The summed E-state index contributed by atoms with van der Waals surface area (Å²) in [6.07, 6.45) is 10.7. The molecule has 2 aromatic heterocycles. The molecule has 1 fully saturated rings. The predicted molar refractivity (Wildman–Crippen MR) is 93.9 cm³/mol. The lowest BCUT2D eigenvalue weighted by atomic mass is 10.1. The zero-order valence-electron chi connectivity index (χ0n) is 13.9. The number of rotatable bonds is 5. The van der Waals surface area contributed by atoms with E-state index in [0.29, 0.717) is 6.54 Å². The van der Waals surface area contributed by atoms with Crippen LogP contribution in [0.4, 0.5) is 0 Å². The molecule has 24 heavy (non-hydrogen) atoms. The molecular weight excluding hydrogens is 322 g/mol. The number of thiazole rings is 1. The maximum atomic E-state index is 13.1. The molecule has 0 aliphatic carbocycles. The summed E-state index contributed by atoms with van der Waals surface area (Å²) in [5, 5.41) is 4.42. The van der Waals surface area contributed by atoms with E-state index in [-0.39, 0.29) is 11.9 Å².